The van der Waals surface area contributed by atoms with E-state index in [2.05, 4.69) is 21.2 Å². The minimum atomic E-state index is -0.551. The molecule has 36 heavy (non-hydrogen) atoms. The molecule has 1 aliphatic heterocycles. The first-order chi connectivity index (χ1) is 17.2. The van der Waals surface area contributed by atoms with Gasteiger partial charge in [-0.3, -0.25) is 19.3 Å². The Bertz CT molecular complexity index is 1370. The monoisotopic (exact) mass is 568 g/mol. The van der Waals surface area contributed by atoms with Crippen molar-refractivity contribution in [3.8, 4) is 5.75 Å². The molecule has 6 nitrogen and oxygen atoms in total. The lowest BCUT2D eigenvalue weighted by atomic mass is 10.1. The first kappa shape index (κ1) is 25.7. The third-order valence-electron chi connectivity index (χ3n) is 5.53. The number of anilines is 1. The fourth-order valence-electron chi connectivity index (χ4n) is 3.45. The van der Waals surface area contributed by atoms with Crippen LogP contribution in [0.3, 0.4) is 0 Å². The number of ether oxygens (including phenoxy) is 1. The number of amides is 3. The standard InChI is InChI=1S/C27H22BrFN2O4S/c1-16-3-9-22(11-17(16)2)30-25(32)14-31-26(33)24(36-27(31)34)13-19-12-20(28)6-10-23(19)35-15-18-4-7-21(29)8-5-18/h3-13H,14-15H2,1-2H3,(H,30,32)/b24-13+. The van der Waals surface area contributed by atoms with Gasteiger partial charge in [0.15, 0.2) is 0 Å². The van der Waals surface area contributed by atoms with Gasteiger partial charge >= 0.3 is 0 Å². The summed E-state index contributed by atoms with van der Waals surface area (Å²) in [6.45, 7) is 3.72. The molecule has 184 valence electrons. The second kappa shape index (κ2) is 11.1. The van der Waals surface area contributed by atoms with Crippen molar-refractivity contribution in [3.63, 3.8) is 0 Å². The van der Waals surface area contributed by atoms with Gasteiger partial charge in [0, 0.05) is 15.7 Å². The Morgan fingerprint density at radius 1 is 1.06 bits per heavy atom. The van der Waals surface area contributed by atoms with E-state index in [1.165, 1.54) is 12.1 Å². The number of aryl methyl sites for hydroxylation is 2. The second-order valence-electron chi connectivity index (χ2n) is 8.21. The van der Waals surface area contributed by atoms with Gasteiger partial charge in [0.2, 0.25) is 5.91 Å². The molecule has 0 aliphatic carbocycles. The quantitative estimate of drug-likeness (QED) is 0.331. The molecule has 1 fully saturated rings. The molecular weight excluding hydrogens is 547 g/mol. The van der Waals surface area contributed by atoms with E-state index in [1.54, 1.807) is 42.5 Å². The highest BCUT2D eigenvalue weighted by atomic mass is 79.9. The number of nitrogens with zero attached hydrogens (tertiary/aromatic N) is 1. The number of nitrogens with one attached hydrogen (secondary N) is 1. The summed E-state index contributed by atoms with van der Waals surface area (Å²) in [6, 6.07) is 16.8. The molecule has 4 rings (SSSR count). The van der Waals surface area contributed by atoms with Crippen molar-refractivity contribution in [2.45, 2.75) is 20.5 Å². The van der Waals surface area contributed by atoms with E-state index in [0.29, 0.717) is 17.0 Å². The van der Waals surface area contributed by atoms with Crippen LogP contribution in [0.15, 0.2) is 70.0 Å². The summed E-state index contributed by atoms with van der Waals surface area (Å²) in [5.41, 5.74) is 4.07. The Morgan fingerprint density at radius 3 is 2.53 bits per heavy atom. The van der Waals surface area contributed by atoms with Gasteiger partial charge in [-0.2, -0.15) is 0 Å². The normalized spacial score (nSPS) is 14.4. The van der Waals surface area contributed by atoms with E-state index in [4.69, 9.17) is 4.74 Å². The summed E-state index contributed by atoms with van der Waals surface area (Å²) >= 11 is 4.18. The van der Waals surface area contributed by atoms with Gasteiger partial charge in [0.1, 0.15) is 24.7 Å². The van der Waals surface area contributed by atoms with Crippen molar-refractivity contribution in [2.75, 3.05) is 11.9 Å². The average Bonchev–Trinajstić information content (AvgIpc) is 3.09. The molecule has 0 bridgehead atoms. The van der Waals surface area contributed by atoms with Crippen LogP contribution in [0.25, 0.3) is 6.08 Å². The van der Waals surface area contributed by atoms with Crippen molar-refractivity contribution in [1.82, 2.24) is 4.90 Å². The van der Waals surface area contributed by atoms with Crippen LogP contribution < -0.4 is 10.1 Å². The Kier molecular flexibility index (Phi) is 7.91. The minimum Gasteiger partial charge on any atom is -0.488 e. The fraction of sp³-hybridized carbons (Fsp3) is 0.148. The summed E-state index contributed by atoms with van der Waals surface area (Å²) in [7, 11) is 0. The minimum absolute atomic E-state index is 0.184. The highest BCUT2D eigenvalue weighted by Gasteiger charge is 2.36. The number of carbonyl (C=O) groups excluding carboxylic acids is 3. The topological polar surface area (TPSA) is 75.7 Å². The van der Waals surface area contributed by atoms with Crippen LogP contribution in [0, 0.1) is 19.7 Å². The molecule has 1 saturated heterocycles. The molecule has 3 aromatic rings. The number of hydrogen-bond donors (Lipinski definition) is 1. The van der Waals surface area contributed by atoms with Crippen LogP contribution in [0.4, 0.5) is 14.9 Å². The Morgan fingerprint density at radius 2 is 1.81 bits per heavy atom. The molecule has 1 N–H and O–H groups in total. The van der Waals surface area contributed by atoms with Crippen LogP contribution in [0.5, 0.6) is 5.75 Å². The number of imide groups is 1. The van der Waals surface area contributed by atoms with Crippen molar-refractivity contribution in [3.05, 3.63) is 98.1 Å². The maximum atomic E-state index is 13.2. The van der Waals surface area contributed by atoms with E-state index in [9.17, 15) is 18.8 Å². The molecule has 0 atom stereocenters. The first-order valence-electron chi connectivity index (χ1n) is 11.0. The predicted octanol–water partition coefficient (Wildman–Crippen LogP) is 6.46. The molecular formula is C27H22BrFN2O4S. The summed E-state index contributed by atoms with van der Waals surface area (Å²) < 4.78 is 19.8. The van der Waals surface area contributed by atoms with E-state index < -0.39 is 17.1 Å². The van der Waals surface area contributed by atoms with Gasteiger partial charge < -0.3 is 10.1 Å². The third-order valence-corrected chi connectivity index (χ3v) is 6.93. The number of benzene rings is 3. The van der Waals surface area contributed by atoms with E-state index in [0.717, 1.165) is 37.8 Å². The van der Waals surface area contributed by atoms with Gasteiger partial charge in [0.05, 0.1) is 4.91 Å². The third kappa shape index (κ3) is 6.22. The molecule has 0 spiro atoms. The molecule has 1 heterocycles. The van der Waals surface area contributed by atoms with Crippen LogP contribution >= 0.6 is 27.7 Å². The maximum Gasteiger partial charge on any atom is 0.294 e. The highest BCUT2D eigenvalue weighted by Crippen LogP contribution is 2.35. The predicted molar refractivity (Wildman–Crippen MR) is 142 cm³/mol. The number of thioether (sulfide) groups is 1. The van der Waals surface area contributed by atoms with Gasteiger partial charge in [-0.1, -0.05) is 34.1 Å². The van der Waals surface area contributed by atoms with Gasteiger partial charge in [-0.05, 0) is 90.8 Å². The Balaban J connectivity index is 1.47. The molecule has 0 aromatic heterocycles. The van der Waals surface area contributed by atoms with E-state index in [-0.39, 0.29) is 23.9 Å². The molecule has 0 saturated carbocycles. The second-order valence-corrected chi connectivity index (χ2v) is 10.1. The summed E-state index contributed by atoms with van der Waals surface area (Å²) in [5.74, 6) is -0.861. The SMILES string of the molecule is Cc1ccc(NC(=O)CN2C(=O)S/C(=C/c3cc(Br)ccc3OCc3ccc(F)cc3)C2=O)cc1C. The summed E-state index contributed by atoms with van der Waals surface area (Å²) in [4.78, 5) is 39.1. The number of rotatable bonds is 7. The Labute approximate surface area is 220 Å². The van der Waals surface area contributed by atoms with Gasteiger partial charge in [-0.25, -0.2) is 4.39 Å². The van der Waals surface area contributed by atoms with Gasteiger partial charge in [-0.15, -0.1) is 0 Å². The van der Waals surface area contributed by atoms with Crippen LogP contribution in [-0.2, 0) is 16.2 Å². The van der Waals surface area contributed by atoms with Crippen molar-refractivity contribution >= 4 is 56.5 Å². The van der Waals surface area contributed by atoms with Crippen LogP contribution in [-0.4, -0.2) is 28.5 Å². The molecule has 0 radical (unpaired) electrons. The van der Waals surface area contributed by atoms with Gasteiger partial charge in [0.25, 0.3) is 11.1 Å². The molecule has 3 amide bonds. The van der Waals surface area contributed by atoms with Crippen LogP contribution in [0.2, 0.25) is 0 Å². The zero-order valence-corrected chi connectivity index (χ0v) is 21.9. The first-order valence-corrected chi connectivity index (χ1v) is 12.6. The van der Waals surface area contributed by atoms with Crippen molar-refractivity contribution < 1.29 is 23.5 Å². The van der Waals surface area contributed by atoms with E-state index >= 15 is 0 Å². The lowest BCUT2D eigenvalue weighted by molar-refractivity contribution is -0.127. The smallest absolute Gasteiger partial charge is 0.294 e. The van der Waals surface area contributed by atoms with Crippen LogP contribution in [0.1, 0.15) is 22.3 Å². The zero-order chi connectivity index (χ0) is 25.8. The lowest BCUT2D eigenvalue weighted by Gasteiger charge is -2.13. The number of hydrogen-bond acceptors (Lipinski definition) is 5. The van der Waals surface area contributed by atoms with Crippen molar-refractivity contribution in [2.24, 2.45) is 0 Å². The molecule has 9 heteroatoms. The summed E-state index contributed by atoms with van der Waals surface area (Å²) in [6.07, 6.45) is 1.57. The lowest BCUT2D eigenvalue weighted by Crippen LogP contribution is -2.36. The number of carbonyl (C=O) groups is 3. The van der Waals surface area contributed by atoms with Crippen molar-refractivity contribution in [1.29, 1.82) is 0 Å². The Hall–Kier alpha value is -3.43. The maximum absolute atomic E-state index is 13.2. The molecule has 3 aromatic carbocycles. The zero-order valence-electron chi connectivity index (χ0n) is 19.5. The summed E-state index contributed by atoms with van der Waals surface area (Å²) in [5, 5.41) is 2.21. The largest absolute Gasteiger partial charge is 0.488 e. The number of halogens is 2. The highest BCUT2D eigenvalue weighted by molar-refractivity contribution is 9.10. The fourth-order valence-corrected chi connectivity index (χ4v) is 4.65. The van der Waals surface area contributed by atoms with E-state index in [1.807, 2.05) is 26.0 Å². The molecule has 1 aliphatic rings. The average molecular weight is 569 g/mol. The molecule has 0 unspecified atom stereocenters.